The minimum absolute atomic E-state index is 0.0494. The zero-order valence-corrected chi connectivity index (χ0v) is 17.8. The second-order valence-electron chi connectivity index (χ2n) is 7.03. The fourth-order valence-electron chi connectivity index (χ4n) is 3.53. The SMILES string of the molecule is Cc1c(NC(=O)c2oc3ccc(Br)cc3c2C)cccc1C(=O)N1CCOCC1. The second kappa shape index (κ2) is 8.00. The van der Waals surface area contributed by atoms with Gasteiger partial charge in [-0.25, -0.2) is 0 Å². The summed E-state index contributed by atoms with van der Waals surface area (Å²) in [7, 11) is 0. The van der Waals surface area contributed by atoms with Gasteiger partial charge in [0.15, 0.2) is 5.76 Å². The van der Waals surface area contributed by atoms with Crippen molar-refractivity contribution in [2.24, 2.45) is 0 Å². The van der Waals surface area contributed by atoms with Gasteiger partial charge in [-0.3, -0.25) is 9.59 Å². The summed E-state index contributed by atoms with van der Waals surface area (Å²) in [5.41, 5.74) is 3.33. The van der Waals surface area contributed by atoms with Crippen LogP contribution in [-0.2, 0) is 4.74 Å². The maximum atomic E-state index is 12.9. The molecule has 0 aliphatic carbocycles. The van der Waals surface area contributed by atoms with Gasteiger partial charge < -0.3 is 19.4 Å². The van der Waals surface area contributed by atoms with Crippen LogP contribution in [0.4, 0.5) is 5.69 Å². The number of nitrogens with zero attached hydrogens (tertiary/aromatic N) is 1. The fraction of sp³-hybridized carbons (Fsp3) is 0.273. The van der Waals surface area contributed by atoms with Gasteiger partial charge in [-0.1, -0.05) is 22.0 Å². The number of hydrogen-bond acceptors (Lipinski definition) is 4. The molecular formula is C22H21BrN2O4. The summed E-state index contributed by atoms with van der Waals surface area (Å²) in [5.74, 6) is -0.122. The van der Waals surface area contributed by atoms with Crippen LogP contribution in [0.15, 0.2) is 45.3 Å². The molecule has 1 aliphatic heterocycles. The van der Waals surface area contributed by atoms with E-state index in [9.17, 15) is 9.59 Å². The van der Waals surface area contributed by atoms with Gasteiger partial charge in [0.25, 0.3) is 11.8 Å². The van der Waals surface area contributed by atoms with E-state index in [0.717, 1.165) is 21.0 Å². The summed E-state index contributed by atoms with van der Waals surface area (Å²) in [6.07, 6.45) is 0. The number of carbonyl (C=O) groups excluding carboxylic acids is 2. The number of rotatable bonds is 3. The number of nitrogens with one attached hydrogen (secondary N) is 1. The molecule has 2 amide bonds. The van der Waals surface area contributed by atoms with E-state index >= 15 is 0 Å². The van der Waals surface area contributed by atoms with Crippen LogP contribution in [0.5, 0.6) is 0 Å². The largest absolute Gasteiger partial charge is 0.451 e. The normalized spacial score (nSPS) is 14.2. The smallest absolute Gasteiger partial charge is 0.291 e. The molecule has 2 heterocycles. The Hall–Kier alpha value is -2.64. The molecule has 1 aromatic heterocycles. The van der Waals surface area contributed by atoms with Crippen molar-refractivity contribution in [2.45, 2.75) is 13.8 Å². The van der Waals surface area contributed by atoms with Gasteiger partial charge in [0.2, 0.25) is 0 Å². The molecule has 7 heteroatoms. The predicted octanol–water partition coefficient (Wildman–Crippen LogP) is 4.54. The lowest BCUT2D eigenvalue weighted by molar-refractivity contribution is 0.0302. The van der Waals surface area contributed by atoms with Crippen molar-refractivity contribution in [3.05, 3.63) is 63.3 Å². The third kappa shape index (κ3) is 3.80. The van der Waals surface area contributed by atoms with Gasteiger partial charge in [0.1, 0.15) is 5.58 Å². The minimum atomic E-state index is -0.339. The molecule has 0 bridgehead atoms. The van der Waals surface area contributed by atoms with Crippen LogP contribution < -0.4 is 5.32 Å². The summed E-state index contributed by atoms with van der Waals surface area (Å²) in [6, 6.07) is 11.0. The molecule has 0 spiro atoms. The maximum absolute atomic E-state index is 12.9. The van der Waals surface area contributed by atoms with E-state index in [4.69, 9.17) is 9.15 Å². The Labute approximate surface area is 176 Å². The van der Waals surface area contributed by atoms with Crippen LogP contribution in [0.1, 0.15) is 32.0 Å². The van der Waals surface area contributed by atoms with Crippen LogP contribution in [0, 0.1) is 13.8 Å². The van der Waals surface area contributed by atoms with Crippen LogP contribution >= 0.6 is 15.9 Å². The average Bonchev–Trinajstić information content (AvgIpc) is 3.06. The molecule has 150 valence electrons. The highest BCUT2D eigenvalue weighted by molar-refractivity contribution is 9.10. The summed E-state index contributed by atoms with van der Waals surface area (Å²) in [5, 5.41) is 3.79. The van der Waals surface area contributed by atoms with E-state index in [1.54, 1.807) is 23.1 Å². The average molecular weight is 457 g/mol. The molecule has 1 N–H and O–H groups in total. The number of fused-ring (bicyclic) bond motifs is 1. The number of amides is 2. The standard InChI is InChI=1S/C22H21BrN2O4/c1-13-16(22(27)25-8-10-28-11-9-25)4-3-5-18(13)24-21(26)20-14(2)17-12-15(23)6-7-19(17)29-20/h3-7,12H,8-11H2,1-2H3,(H,24,26). The molecular weight excluding hydrogens is 436 g/mol. The van der Waals surface area contributed by atoms with Gasteiger partial charge in [-0.05, 0) is 49.7 Å². The molecule has 0 radical (unpaired) electrons. The first kappa shape index (κ1) is 19.7. The molecule has 3 aromatic rings. The molecule has 0 atom stereocenters. The van der Waals surface area contributed by atoms with Crippen molar-refractivity contribution in [1.29, 1.82) is 0 Å². The highest BCUT2D eigenvalue weighted by Gasteiger charge is 2.23. The Bertz CT molecular complexity index is 1100. The Morgan fingerprint density at radius 2 is 1.83 bits per heavy atom. The van der Waals surface area contributed by atoms with Gasteiger partial charge >= 0.3 is 0 Å². The molecule has 2 aromatic carbocycles. The predicted molar refractivity (Wildman–Crippen MR) is 115 cm³/mol. The van der Waals surface area contributed by atoms with Gasteiger partial charge in [-0.15, -0.1) is 0 Å². The molecule has 1 fully saturated rings. The highest BCUT2D eigenvalue weighted by atomic mass is 79.9. The Balaban J connectivity index is 1.60. The number of hydrogen-bond donors (Lipinski definition) is 1. The summed E-state index contributed by atoms with van der Waals surface area (Å²) < 4.78 is 12.0. The maximum Gasteiger partial charge on any atom is 0.291 e. The van der Waals surface area contributed by atoms with E-state index in [1.165, 1.54) is 0 Å². The molecule has 1 aliphatic rings. The van der Waals surface area contributed by atoms with Crippen LogP contribution in [0.25, 0.3) is 11.0 Å². The van der Waals surface area contributed by atoms with E-state index in [2.05, 4.69) is 21.2 Å². The van der Waals surface area contributed by atoms with Crippen molar-refractivity contribution in [3.63, 3.8) is 0 Å². The fourth-order valence-corrected chi connectivity index (χ4v) is 3.89. The van der Waals surface area contributed by atoms with E-state index in [1.807, 2.05) is 32.0 Å². The number of aryl methyl sites for hydroxylation is 1. The molecule has 0 unspecified atom stereocenters. The topological polar surface area (TPSA) is 71.8 Å². The number of benzene rings is 2. The summed E-state index contributed by atoms with van der Waals surface area (Å²) in [4.78, 5) is 27.5. The van der Waals surface area contributed by atoms with Crippen molar-refractivity contribution in [3.8, 4) is 0 Å². The molecule has 0 saturated carbocycles. The highest BCUT2D eigenvalue weighted by Crippen LogP contribution is 2.29. The molecule has 29 heavy (non-hydrogen) atoms. The number of carbonyl (C=O) groups is 2. The zero-order valence-electron chi connectivity index (χ0n) is 16.3. The lowest BCUT2D eigenvalue weighted by Gasteiger charge is -2.27. The molecule has 1 saturated heterocycles. The quantitative estimate of drug-likeness (QED) is 0.627. The number of morpholine rings is 1. The van der Waals surface area contributed by atoms with Gasteiger partial charge in [-0.2, -0.15) is 0 Å². The van der Waals surface area contributed by atoms with Crippen molar-refractivity contribution < 1.29 is 18.7 Å². The molecule has 4 rings (SSSR count). The van der Waals surface area contributed by atoms with E-state index in [0.29, 0.717) is 43.1 Å². The third-order valence-electron chi connectivity index (χ3n) is 5.22. The van der Waals surface area contributed by atoms with Crippen LogP contribution in [-0.4, -0.2) is 43.0 Å². The van der Waals surface area contributed by atoms with E-state index < -0.39 is 0 Å². The van der Waals surface area contributed by atoms with Gasteiger partial charge in [0.05, 0.1) is 13.2 Å². The lowest BCUT2D eigenvalue weighted by atomic mass is 10.0. The third-order valence-corrected chi connectivity index (χ3v) is 5.71. The first-order chi connectivity index (χ1) is 14.0. The number of anilines is 1. The molecule has 6 nitrogen and oxygen atoms in total. The van der Waals surface area contributed by atoms with E-state index in [-0.39, 0.29) is 17.6 Å². The minimum Gasteiger partial charge on any atom is -0.451 e. The summed E-state index contributed by atoms with van der Waals surface area (Å²) in [6.45, 7) is 5.93. The number of halogens is 1. The first-order valence-electron chi connectivity index (χ1n) is 9.42. The second-order valence-corrected chi connectivity index (χ2v) is 7.95. The Morgan fingerprint density at radius 1 is 1.07 bits per heavy atom. The first-order valence-corrected chi connectivity index (χ1v) is 10.2. The van der Waals surface area contributed by atoms with Crippen molar-refractivity contribution in [2.75, 3.05) is 31.6 Å². The Kier molecular flexibility index (Phi) is 5.43. The van der Waals surface area contributed by atoms with Crippen molar-refractivity contribution in [1.82, 2.24) is 4.90 Å². The van der Waals surface area contributed by atoms with Crippen molar-refractivity contribution >= 4 is 44.4 Å². The van der Waals surface area contributed by atoms with Crippen LogP contribution in [0.3, 0.4) is 0 Å². The Morgan fingerprint density at radius 3 is 2.59 bits per heavy atom. The number of ether oxygens (including phenoxy) is 1. The lowest BCUT2D eigenvalue weighted by Crippen LogP contribution is -2.41. The summed E-state index contributed by atoms with van der Waals surface area (Å²) >= 11 is 3.44. The van der Waals surface area contributed by atoms with Crippen LogP contribution in [0.2, 0.25) is 0 Å². The number of furan rings is 1. The van der Waals surface area contributed by atoms with Gasteiger partial charge in [0, 0.05) is 39.8 Å². The zero-order chi connectivity index (χ0) is 20.5. The monoisotopic (exact) mass is 456 g/mol.